The number of hydrazine groups is 1. The number of nitrogens with zero attached hydrogens (tertiary/aromatic N) is 2. The van der Waals surface area contributed by atoms with Crippen molar-refractivity contribution in [1.29, 1.82) is 0 Å². The molecule has 0 aliphatic carbocycles. The number of aromatic nitrogens is 2. The number of nitrogens with one attached hydrogen (secondary N) is 1. The number of nitrogen functional groups attached to an aromatic ring is 1. The minimum absolute atomic E-state index is 0.0348. The highest BCUT2D eigenvalue weighted by Gasteiger charge is 2.09. The molecule has 0 saturated heterocycles. The number of carbonyl (C=O) groups is 1. The fourth-order valence-corrected chi connectivity index (χ4v) is 1.50. The lowest BCUT2D eigenvalue weighted by Crippen LogP contribution is -2.30. The number of nitrogens with two attached hydrogens (primary N) is 1. The second-order valence-corrected chi connectivity index (χ2v) is 3.67. The first-order chi connectivity index (χ1) is 9.60. The number of halogens is 2. The van der Waals surface area contributed by atoms with Crippen LogP contribution in [0, 0.1) is 0 Å². The van der Waals surface area contributed by atoms with Crippen LogP contribution in [0.4, 0.5) is 8.78 Å². The van der Waals surface area contributed by atoms with Gasteiger partial charge in [-0.25, -0.2) is 10.8 Å². The fraction of sp³-hybridized carbons (Fsp3) is 0.0833. The lowest BCUT2D eigenvalue weighted by atomic mass is 10.1. The molecular formula is C12H10F2N4O2. The van der Waals surface area contributed by atoms with Gasteiger partial charge in [-0.3, -0.25) is 15.2 Å². The summed E-state index contributed by atoms with van der Waals surface area (Å²) in [5, 5.41) is 0. The van der Waals surface area contributed by atoms with Gasteiger partial charge in [-0.2, -0.15) is 8.78 Å². The Kier molecular flexibility index (Phi) is 4.16. The number of ether oxygens (including phenoxy) is 1. The van der Waals surface area contributed by atoms with Crippen LogP contribution in [0.5, 0.6) is 5.75 Å². The predicted octanol–water partition coefficient (Wildman–Crippen LogP) is 1.35. The van der Waals surface area contributed by atoms with Gasteiger partial charge in [0.1, 0.15) is 11.4 Å². The van der Waals surface area contributed by atoms with E-state index >= 15 is 0 Å². The largest absolute Gasteiger partial charge is 0.435 e. The summed E-state index contributed by atoms with van der Waals surface area (Å²) < 4.78 is 28.3. The standard InChI is InChI=1S/C12H10F2N4O2/c13-12(14)20-8-3-1-7(2-4-8)9-5-16-6-10(17-9)11(19)18-15/h1-6,12H,15H2,(H,18,19). The number of hydrogen-bond acceptors (Lipinski definition) is 5. The van der Waals surface area contributed by atoms with E-state index in [4.69, 9.17) is 5.84 Å². The van der Waals surface area contributed by atoms with Crippen LogP contribution in [-0.2, 0) is 0 Å². The molecule has 0 aliphatic heterocycles. The molecule has 104 valence electrons. The summed E-state index contributed by atoms with van der Waals surface area (Å²) >= 11 is 0. The lowest BCUT2D eigenvalue weighted by Gasteiger charge is -2.06. The molecule has 2 rings (SSSR count). The molecule has 0 bridgehead atoms. The molecule has 1 heterocycles. The molecule has 0 unspecified atom stereocenters. The Morgan fingerprint density at radius 1 is 1.25 bits per heavy atom. The van der Waals surface area contributed by atoms with E-state index in [0.717, 1.165) is 0 Å². The van der Waals surface area contributed by atoms with Crippen molar-refractivity contribution in [2.45, 2.75) is 6.61 Å². The molecule has 0 fully saturated rings. The first-order valence-electron chi connectivity index (χ1n) is 5.48. The molecule has 6 nitrogen and oxygen atoms in total. The van der Waals surface area contributed by atoms with Gasteiger partial charge in [0, 0.05) is 5.56 Å². The summed E-state index contributed by atoms with van der Waals surface area (Å²) in [5.41, 5.74) is 3.01. The van der Waals surface area contributed by atoms with Gasteiger partial charge in [-0.15, -0.1) is 0 Å². The van der Waals surface area contributed by atoms with Crippen molar-refractivity contribution in [2.24, 2.45) is 5.84 Å². The third-order valence-electron chi connectivity index (χ3n) is 2.37. The molecule has 0 spiro atoms. The third-order valence-corrected chi connectivity index (χ3v) is 2.37. The van der Waals surface area contributed by atoms with Crippen LogP contribution in [-0.4, -0.2) is 22.5 Å². The fourth-order valence-electron chi connectivity index (χ4n) is 1.50. The smallest absolute Gasteiger partial charge is 0.387 e. The molecule has 0 atom stereocenters. The SMILES string of the molecule is NNC(=O)c1cncc(-c2ccc(OC(F)F)cc2)n1. The van der Waals surface area contributed by atoms with Gasteiger partial charge in [0.25, 0.3) is 5.91 Å². The Morgan fingerprint density at radius 2 is 1.95 bits per heavy atom. The first kappa shape index (κ1) is 13.8. The second kappa shape index (κ2) is 6.02. The summed E-state index contributed by atoms with van der Waals surface area (Å²) in [6.45, 7) is -2.88. The Hall–Kier alpha value is -2.61. The monoisotopic (exact) mass is 280 g/mol. The van der Waals surface area contributed by atoms with E-state index in [0.29, 0.717) is 11.3 Å². The van der Waals surface area contributed by atoms with Crippen molar-refractivity contribution in [3.05, 3.63) is 42.4 Å². The van der Waals surface area contributed by atoms with E-state index in [9.17, 15) is 13.6 Å². The maximum atomic E-state index is 12.0. The number of benzene rings is 1. The van der Waals surface area contributed by atoms with E-state index in [1.165, 1.54) is 36.7 Å². The Balaban J connectivity index is 2.25. The minimum atomic E-state index is -2.88. The van der Waals surface area contributed by atoms with Crippen LogP contribution in [0.2, 0.25) is 0 Å². The van der Waals surface area contributed by atoms with Crippen molar-refractivity contribution < 1.29 is 18.3 Å². The van der Waals surface area contributed by atoms with Crippen molar-refractivity contribution in [3.8, 4) is 17.0 Å². The number of alkyl halides is 2. The van der Waals surface area contributed by atoms with E-state index < -0.39 is 12.5 Å². The molecule has 8 heteroatoms. The highest BCUT2D eigenvalue weighted by molar-refractivity contribution is 5.91. The number of carbonyl (C=O) groups excluding carboxylic acids is 1. The highest BCUT2D eigenvalue weighted by atomic mass is 19.3. The Morgan fingerprint density at radius 3 is 2.55 bits per heavy atom. The van der Waals surface area contributed by atoms with Gasteiger partial charge in [0.15, 0.2) is 0 Å². The highest BCUT2D eigenvalue weighted by Crippen LogP contribution is 2.21. The van der Waals surface area contributed by atoms with Gasteiger partial charge >= 0.3 is 6.61 Å². The van der Waals surface area contributed by atoms with Gasteiger partial charge in [0.2, 0.25) is 0 Å². The van der Waals surface area contributed by atoms with Crippen LogP contribution >= 0.6 is 0 Å². The van der Waals surface area contributed by atoms with Gasteiger partial charge < -0.3 is 4.74 Å². The maximum Gasteiger partial charge on any atom is 0.387 e. The van der Waals surface area contributed by atoms with E-state index in [-0.39, 0.29) is 11.4 Å². The Bertz CT molecular complexity index is 605. The van der Waals surface area contributed by atoms with Crippen LogP contribution in [0.15, 0.2) is 36.7 Å². The number of hydrogen-bond donors (Lipinski definition) is 2. The van der Waals surface area contributed by atoms with Gasteiger partial charge in [0.05, 0.1) is 18.1 Å². The summed E-state index contributed by atoms with van der Waals surface area (Å²) in [6, 6.07) is 5.81. The summed E-state index contributed by atoms with van der Waals surface area (Å²) in [6.07, 6.45) is 2.70. The molecule has 0 radical (unpaired) electrons. The molecule has 0 saturated carbocycles. The average molecular weight is 280 g/mol. The van der Waals surface area contributed by atoms with Crippen LogP contribution < -0.4 is 16.0 Å². The van der Waals surface area contributed by atoms with E-state index in [2.05, 4.69) is 14.7 Å². The van der Waals surface area contributed by atoms with Crippen molar-refractivity contribution in [1.82, 2.24) is 15.4 Å². The summed E-state index contributed by atoms with van der Waals surface area (Å²) in [5.74, 6) is 4.47. The van der Waals surface area contributed by atoms with E-state index in [1.54, 1.807) is 0 Å². The minimum Gasteiger partial charge on any atom is -0.435 e. The van der Waals surface area contributed by atoms with Crippen molar-refractivity contribution in [2.75, 3.05) is 0 Å². The topological polar surface area (TPSA) is 90.1 Å². The second-order valence-electron chi connectivity index (χ2n) is 3.67. The zero-order chi connectivity index (χ0) is 14.5. The molecule has 1 aromatic carbocycles. The number of rotatable bonds is 4. The summed E-state index contributed by atoms with van der Waals surface area (Å²) in [4.78, 5) is 19.3. The zero-order valence-electron chi connectivity index (χ0n) is 10.1. The Labute approximate surface area is 112 Å². The van der Waals surface area contributed by atoms with Crippen LogP contribution in [0.25, 0.3) is 11.3 Å². The third kappa shape index (κ3) is 3.23. The predicted molar refractivity (Wildman–Crippen MR) is 65.8 cm³/mol. The molecule has 20 heavy (non-hydrogen) atoms. The van der Waals surface area contributed by atoms with Crippen molar-refractivity contribution in [3.63, 3.8) is 0 Å². The average Bonchev–Trinajstić information content (AvgIpc) is 2.47. The quantitative estimate of drug-likeness (QED) is 0.501. The van der Waals surface area contributed by atoms with Crippen LogP contribution in [0.3, 0.4) is 0 Å². The molecular weight excluding hydrogens is 270 g/mol. The van der Waals surface area contributed by atoms with Crippen molar-refractivity contribution >= 4 is 5.91 Å². The maximum absolute atomic E-state index is 12.0. The number of amides is 1. The molecule has 3 N–H and O–H groups in total. The van der Waals surface area contributed by atoms with Gasteiger partial charge in [-0.05, 0) is 24.3 Å². The first-order valence-corrected chi connectivity index (χ1v) is 5.48. The normalized spacial score (nSPS) is 10.4. The summed E-state index contributed by atoms with van der Waals surface area (Å²) in [7, 11) is 0. The van der Waals surface area contributed by atoms with E-state index in [1.807, 2.05) is 5.43 Å². The van der Waals surface area contributed by atoms with Crippen LogP contribution in [0.1, 0.15) is 10.5 Å². The lowest BCUT2D eigenvalue weighted by molar-refractivity contribution is -0.0498. The zero-order valence-corrected chi connectivity index (χ0v) is 10.1. The molecule has 0 aliphatic rings. The molecule has 2 aromatic rings. The molecule has 1 amide bonds. The van der Waals surface area contributed by atoms with Gasteiger partial charge in [-0.1, -0.05) is 0 Å². The molecule has 1 aromatic heterocycles.